The third kappa shape index (κ3) is 6.23. The van der Waals surface area contributed by atoms with E-state index in [-0.39, 0.29) is 19.1 Å². The summed E-state index contributed by atoms with van der Waals surface area (Å²) in [5.74, 6) is -0.818. The topological polar surface area (TPSA) is 55.8 Å². The average Bonchev–Trinajstić information content (AvgIpc) is 2.50. The van der Waals surface area contributed by atoms with Gasteiger partial charge in [-0.1, -0.05) is 36.4 Å². The molecule has 5 heteroatoms. The van der Waals surface area contributed by atoms with Crippen molar-refractivity contribution in [2.45, 2.75) is 19.6 Å². The maximum Gasteiger partial charge on any atom is 0.335 e. The highest BCUT2D eigenvalue weighted by atomic mass is 16.6. The minimum Gasteiger partial charge on any atom is -0.454 e. The third-order valence-electron chi connectivity index (χ3n) is 2.82. The number of esters is 1. The van der Waals surface area contributed by atoms with Gasteiger partial charge in [-0.3, -0.25) is 4.79 Å². The van der Waals surface area contributed by atoms with Crippen molar-refractivity contribution in [3.8, 4) is 0 Å². The Morgan fingerprint density at radius 1 is 1.33 bits per heavy atom. The highest BCUT2D eigenvalue weighted by Crippen LogP contribution is 2.03. The molecule has 114 valence electrons. The minimum atomic E-state index is -0.713. The maximum atomic E-state index is 11.9. The molecule has 5 nitrogen and oxygen atoms in total. The summed E-state index contributed by atoms with van der Waals surface area (Å²) in [7, 11) is 1.67. The van der Waals surface area contributed by atoms with E-state index >= 15 is 0 Å². The number of ether oxygens (including phenoxy) is 2. The lowest BCUT2D eigenvalue weighted by Crippen LogP contribution is -2.33. The first-order valence-corrected chi connectivity index (χ1v) is 6.71. The van der Waals surface area contributed by atoms with Crippen LogP contribution in [0.2, 0.25) is 0 Å². The molecular weight excluding hydrogens is 270 g/mol. The van der Waals surface area contributed by atoms with Crippen LogP contribution < -0.4 is 0 Å². The van der Waals surface area contributed by atoms with Gasteiger partial charge in [0.05, 0.1) is 6.61 Å². The molecule has 0 aromatic heterocycles. The van der Waals surface area contributed by atoms with E-state index < -0.39 is 12.1 Å². The van der Waals surface area contributed by atoms with Crippen LogP contribution in [0.5, 0.6) is 0 Å². The Labute approximate surface area is 125 Å². The summed E-state index contributed by atoms with van der Waals surface area (Å²) in [4.78, 5) is 25.0. The molecule has 0 N–H and O–H groups in total. The van der Waals surface area contributed by atoms with Crippen molar-refractivity contribution < 1.29 is 19.1 Å². The van der Waals surface area contributed by atoms with Crippen LogP contribution in [-0.4, -0.2) is 43.1 Å². The van der Waals surface area contributed by atoms with Gasteiger partial charge in [0.15, 0.2) is 12.7 Å². The molecule has 0 aliphatic carbocycles. The van der Waals surface area contributed by atoms with Gasteiger partial charge in [0.25, 0.3) is 5.91 Å². The van der Waals surface area contributed by atoms with E-state index in [2.05, 4.69) is 6.58 Å². The second-order valence-electron chi connectivity index (χ2n) is 4.61. The smallest absolute Gasteiger partial charge is 0.335 e. The van der Waals surface area contributed by atoms with Crippen LogP contribution in [0.25, 0.3) is 0 Å². The highest BCUT2D eigenvalue weighted by molar-refractivity contribution is 5.81. The van der Waals surface area contributed by atoms with Crippen LogP contribution in [-0.2, 0) is 25.6 Å². The molecule has 0 heterocycles. The monoisotopic (exact) mass is 291 g/mol. The van der Waals surface area contributed by atoms with E-state index in [0.29, 0.717) is 6.54 Å². The van der Waals surface area contributed by atoms with Crippen molar-refractivity contribution in [3.63, 3.8) is 0 Å². The number of carbonyl (C=O) groups is 2. The second-order valence-corrected chi connectivity index (χ2v) is 4.61. The molecule has 21 heavy (non-hydrogen) atoms. The van der Waals surface area contributed by atoms with E-state index in [1.165, 1.54) is 4.90 Å². The van der Waals surface area contributed by atoms with Crippen LogP contribution in [0.1, 0.15) is 12.5 Å². The molecular formula is C16H21NO4. The lowest BCUT2D eigenvalue weighted by Gasteiger charge is -2.18. The van der Waals surface area contributed by atoms with Crippen molar-refractivity contribution in [3.05, 3.63) is 48.6 Å². The number of rotatable bonds is 8. The molecule has 0 aliphatic heterocycles. The molecule has 1 atom stereocenters. The largest absolute Gasteiger partial charge is 0.454 e. The van der Waals surface area contributed by atoms with Gasteiger partial charge >= 0.3 is 5.97 Å². The molecule has 1 aromatic carbocycles. The normalized spacial score (nSPS) is 11.5. The van der Waals surface area contributed by atoms with E-state index in [4.69, 9.17) is 9.47 Å². The summed E-state index contributed by atoms with van der Waals surface area (Å²) in [5, 5.41) is 0. The van der Waals surface area contributed by atoms with E-state index in [1.807, 2.05) is 30.3 Å². The van der Waals surface area contributed by atoms with E-state index in [1.54, 1.807) is 20.0 Å². The Bertz CT molecular complexity index is 472. The van der Waals surface area contributed by atoms with Gasteiger partial charge in [0.2, 0.25) is 0 Å². The predicted octanol–water partition coefficient (Wildman–Crippen LogP) is 1.78. The molecule has 0 bridgehead atoms. The van der Waals surface area contributed by atoms with Crippen LogP contribution in [0.15, 0.2) is 43.0 Å². The zero-order valence-electron chi connectivity index (χ0n) is 12.5. The van der Waals surface area contributed by atoms with Gasteiger partial charge in [-0.2, -0.15) is 0 Å². The molecule has 0 spiro atoms. The van der Waals surface area contributed by atoms with Gasteiger partial charge in [-0.15, -0.1) is 6.58 Å². The number of hydrogen-bond donors (Lipinski definition) is 0. The molecule has 0 radical (unpaired) electrons. The van der Waals surface area contributed by atoms with Gasteiger partial charge < -0.3 is 14.4 Å². The highest BCUT2D eigenvalue weighted by Gasteiger charge is 2.17. The van der Waals surface area contributed by atoms with E-state index in [0.717, 1.165) is 5.56 Å². The van der Waals surface area contributed by atoms with Crippen molar-refractivity contribution in [2.75, 3.05) is 20.3 Å². The first-order chi connectivity index (χ1) is 10.0. The van der Waals surface area contributed by atoms with Crippen LogP contribution in [0.4, 0.5) is 0 Å². The van der Waals surface area contributed by atoms with Gasteiger partial charge in [-0.05, 0) is 12.5 Å². The number of benzene rings is 1. The summed E-state index contributed by atoms with van der Waals surface area (Å²) in [5.41, 5.74) is 1.02. The number of nitrogens with zero attached hydrogens (tertiary/aromatic N) is 1. The first kappa shape index (κ1) is 16.9. The van der Waals surface area contributed by atoms with Gasteiger partial charge in [0.1, 0.15) is 0 Å². The fraction of sp³-hybridized carbons (Fsp3) is 0.375. The lowest BCUT2D eigenvalue weighted by atomic mass is 10.2. The van der Waals surface area contributed by atoms with Gasteiger partial charge in [-0.25, -0.2) is 4.79 Å². The summed E-state index contributed by atoms with van der Waals surface area (Å²) < 4.78 is 10.1. The number of amides is 1. The standard InChI is InChI=1S/C16H21NO4/c1-4-10-20-13(2)16(19)21-12-15(18)17(3)11-14-8-6-5-7-9-14/h4-9,13H,1,10-12H2,2-3H3. The molecule has 0 fully saturated rings. The molecule has 1 amide bonds. The van der Waals surface area contributed by atoms with Crippen LogP contribution in [0, 0.1) is 0 Å². The van der Waals surface area contributed by atoms with Crippen molar-refractivity contribution in [1.29, 1.82) is 0 Å². The maximum absolute atomic E-state index is 11.9. The summed E-state index contributed by atoms with van der Waals surface area (Å²) in [6, 6.07) is 9.60. The molecule has 0 saturated carbocycles. The molecule has 1 rings (SSSR count). The van der Waals surface area contributed by atoms with Crippen molar-refractivity contribution in [2.24, 2.45) is 0 Å². The molecule has 0 saturated heterocycles. The Hall–Kier alpha value is -2.14. The van der Waals surface area contributed by atoms with E-state index in [9.17, 15) is 9.59 Å². The summed E-state index contributed by atoms with van der Waals surface area (Å²) >= 11 is 0. The fourth-order valence-corrected chi connectivity index (χ4v) is 1.59. The summed E-state index contributed by atoms with van der Waals surface area (Å²) in [6.45, 7) is 5.51. The third-order valence-corrected chi connectivity index (χ3v) is 2.82. The number of hydrogen-bond acceptors (Lipinski definition) is 4. The summed E-state index contributed by atoms with van der Waals surface area (Å²) in [6.07, 6.45) is 0.831. The van der Waals surface area contributed by atoms with Crippen molar-refractivity contribution >= 4 is 11.9 Å². The first-order valence-electron chi connectivity index (χ1n) is 6.71. The van der Waals surface area contributed by atoms with Gasteiger partial charge in [0, 0.05) is 13.6 Å². The van der Waals surface area contributed by atoms with Crippen molar-refractivity contribution in [1.82, 2.24) is 4.90 Å². The second kappa shape index (κ2) is 8.92. The Morgan fingerprint density at radius 3 is 2.62 bits per heavy atom. The lowest BCUT2D eigenvalue weighted by molar-refractivity contribution is -0.160. The SMILES string of the molecule is C=CCOC(C)C(=O)OCC(=O)N(C)Cc1ccccc1. The molecule has 0 aliphatic rings. The minimum absolute atomic E-state index is 0.261. The zero-order chi connectivity index (χ0) is 15.7. The molecule has 1 aromatic rings. The number of likely N-dealkylation sites (N-methyl/N-ethyl adjacent to an activating group) is 1. The quantitative estimate of drug-likeness (QED) is 0.541. The predicted molar refractivity (Wildman–Crippen MR) is 79.5 cm³/mol. The Kier molecular flexibility index (Phi) is 7.18. The fourth-order valence-electron chi connectivity index (χ4n) is 1.59. The van der Waals surface area contributed by atoms with Crippen LogP contribution >= 0.6 is 0 Å². The molecule has 1 unspecified atom stereocenters. The average molecular weight is 291 g/mol. The Balaban J connectivity index is 2.35. The Morgan fingerprint density at radius 2 is 2.00 bits per heavy atom. The zero-order valence-corrected chi connectivity index (χ0v) is 12.5. The number of carbonyl (C=O) groups excluding carboxylic acids is 2. The van der Waals surface area contributed by atoms with Crippen LogP contribution in [0.3, 0.4) is 0 Å².